The maximum Gasteiger partial charge on any atom is 0.350 e. The number of nitrogens with zero attached hydrogens (tertiary/aromatic N) is 2. The van der Waals surface area contributed by atoms with Gasteiger partial charge in [-0.3, -0.25) is 14.5 Å². The molecule has 1 saturated heterocycles. The normalized spacial score (nSPS) is 17.0. The van der Waals surface area contributed by atoms with Crippen LogP contribution in [0.2, 0.25) is 0 Å². The van der Waals surface area contributed by atoms with Crippen LogP contribution in [0.25, 0.3) is 5.76 Å². The first-order valence-electron chi connectivity index (χ1n) is 11.0. The summed E-state index contributed by atoms with van der Waals surface area (Å²) in [5, 5.41) is 11.3. The van der Waals surface area contributed by atoms with E-state index in [0.717, 1.165) is 17.8 Å². The van der Waals surface area contributed by atoms with Crippen LogP contribution in [0.4, 0.5) is 5.13 Å². The van der Waals surface area contributed by atoms with Crippen LogP contribution in [0.1, 0.15) is 45.9 Å². The summed E-state index contributed by atoms with van der Waals surface area (Å²) in [6.45, 7) is 4.19. The molecule has 1 N–H and O–H groups in total. The lowest BCUT2D eigenvalue weighted by atomic mass is 9.95. The van der Waals surface area contributed by atoms with E-state index in [0.29, 0.717) is 29.2 Å². The number of rotatable bonds is 7. The molecule has 0 saturated carbocycles. The Morgan fingerprint density at radius 1 is 1.11 bits per heavy atom. The second-order valence-electron chi connectivity index (χ2n) is 7.86. The lowest BCUT2D eigenvalue weighted by Crippen LogP contribution is -2.29. The SMILES string of the molecule is CCCOc1ccc(C2/C(=C(/O)c3ccccc3)C(=O)C(=O)N2c2nc(C)c(C(=O)OC)s2)cc1. The minimum atomic E-state index is -0.952. The zero-order chi connectivity index (χ0) is 25.1. The average molecular weight is 493 g/mol. The van der Waals surface area contributed by atoms with Crippen molar-refractivity contribution in [3.8, 4) is 5.75 Å². The Kier molecular flexibility index (Phi) is 6.97. The predicted octanol–water partition coefficient (Wildman–Crippen LogP) is 4.65. The number of hydrogen-bond acceptors (Lipinski definition) is 8. The van der Waals surface area contributed by atoms with Crippen LogP contribution in [0.5, 0.6) is 5.75 Å². The third-order valence-corrected chi connectivity index (χ3v) is 6.66. The Morgan fingerprint density at radius 2 is 1.80 bits per heavy atom. The van der Waals surface area contributed by atoms with Gasteiger partial charge in [-0.2, -0.15) is 0 Å². The molecule has 9 heteroatoms. The van der Waals surface area contributed by atoms with Crippen LogP contribution < -0.4 is 9.64 Å². The molecule has 1 atom stereocenters. The van der Waals surface area contributed by atoms with Gasteiger partial charge in [0.15, 0.2) is 5.13 Å². The number of aromatic nitrogens is 1. The highest BCUT2D eigenvalue weighted by molar-refractivity contribution is 7.17. The monoisotopic (exact) mass is 492 g/mol. The molecule has 1 aliphatic rings. The maximum absolute atomic E-state index is 13.3. The quantitative estimate of drug-likeness (QED) is 0.221. The third kappa shape index (κ3) is 4.54. The number of benzene rings is 2. The van der Waals surface area contributed by atoms with Gasteiger partial charge in [0.25, 0.3) is 5.78 Å². The average Bonchev–Trinajstić information content (AvgIpc) is 3.39. The summed E-state index contributed by atoms with van der Waals surface area (Å²) in [5.41, 5.74) is 1.31. The second kappa shape index (κ2) is 10.1. The van der Waals surface area contributed by atoms with E-state index in [9.17, 15) is 19.5 Å². The number of ether oxygens (including phenoxy) is 2. The van der Waals surface area contributed by atoms with Gasteiger partial charge in [-0.15, -0.1) is 0 Å². The molecule has 8 nitrogen and oxygen atoms in total. The molecule has 1 aliphatic heterocycles. The molecule has 35 heavy (non-hydrogen) atoms. The van der Waals surface area contributed by atoms with E-state index in [2.05, 4.69) is 4.98 Å². The van der Waals surface area contributed by atoms with E-state index in [1.54, 1.807) is 61.5 Å². The highest BCUT2D eigenvalue weighted by Crippen LogP contribution is 2.44. The van der Waals surface area contributed by atoms with Gasteiger partial charge >= 0.3 is 11.9 Å². The van der Waals surface area contributed by atoms with Crippen LogP contribution in [0.15, 0.2) is 60.2 Å². The minimum absolute atomic E-state index is 0.0594. The Labute approximate surface area is 206 Å². The van der Waals surface area contributed by atoms with Crippen LogP contribution in [0, 0.1) is 6.92 Å². The van der Waals surface area contributed by atoms with E-state index in [1.807, 2.05) is 6.92 Å². The standard InChI is InChI=1S/C26H24N2O6S/c1-4-14-34-18-12-10-16(11-13-18)20-19(21(29)17-8-6-5-7-9-17)22(30)24(31)28(20)26-27-15(2)23(35-26)25(32)33-3/h5-13,20,29H,4,14H2,1-3H3/b21-19-. The number of carbonyl (C=O) groups is 3. The summed E-state index contributed by atoms with van der Waals surface area (Å²) in [4.78, 5) is 44.5. The first-order valence-corrected chi connectivity index (χ1v) is 11.8. The van der Waals surface area contributed by atoms with Gasteiger partial charge in [0.1, 0.15) is 16.4 Å². The van der Waals surface area contributed by atoms with Gasteiger partial charge in [0, 0.05) is 5.56 Å². The molecule has 0 radical (unpaired) electrons. The number of carbonyl (C=O) groups excluding carboxylic acids is 3. The number of amides is 1. The number of esters is 1. The topological polar surface area (TPSA) is 106 Å². The largest absolute Gasteiger partial charge is 0.507 e. The van der Waals surface area contributed by atoms with E-state index in [4.69, 9.17) is 9.47 Å². The number of hydrogen-bond donors (Lipinski definition) is 1. The van der Waals surface area contributed by atoms with Crippen molar-refractivity contribution < 1.29 is 29.0 Å². The molecule has 180 valence electrons. The zero-order valence-corrected chi connectivity index (χ0v) is 20.3. The van der Waals surface area contributed by atoms with Crippen LogP contribution in [-0.4, -0.2) is 41.5 Å². The molecule has 1 aromatic heterocycles. The molecule has 0 spiro atoms. The van der Waals surface area contributed by atoms with Crippen molar-refractivity contribution in [3.63, 3.8) is 0 Å². The van der Waals surface area contributed by atoms with Crippen LogP contribution in [0.3, 0.4) is 0 Å². The third-order valence-electron chi connectivity index (χ3n) is 5.52. The molecular weight excluding hydrogens is 468 g/mol. The highest BCUT2D eigenvalue weighted by atomic mass is 32.1. The number of aliphatic hydroxyl groups is 1. The fourth-order valence-electron chi connectivity index (χ4n) is 3.83. The number of aryl methyl sites for hydroxylation is 1. The molecule has 0 bridgehead atoms. The number of Topliss-reactive ketones (excluding diaryl/α,β-unsaturated/α-hetero) is 1. The highest BCUT2D eigenvalue weighted by Gasteiger charge is 2.48. The molecular formula is C26H24N2O6S. The molecule has 2 heterocycles. The van der Waals surface area contributed by atoms with E-state index in [1.165, 1.54) is 12.0 Å². The van der Waals surface area contributed by atoms with Gasteiger partial charge < -0.3 is 14.6 Å². The predicted molar refractivity (Wildman–Crippen MR) is 132 cm³/mol. The Hall–Kier alpha value is -3.98. The summed E-state index contributed by atoms with van der Waals surface area (Å²) >= 11 is 0.956. The van der Waals surface area contributed by atoms with Crippen molar-refractivity contribution in [2.75, 3.05) is 18.6 Å². The van der Waals surface area contributed by atoms with Crippen molar-refractivity contribution in [1.29, 1.82) is 0 Å². The van der Waals surface area contributed by atoms with Crippen molar-refractivity contribution in [2.24, 2.45) is 0 Å². The smallest absolute Gasteiger partial charge is 0.350 e. The lowest BCUT2D eigenvalue weighted by Gasteiger charge is -2.23. The molecule has 1 amide bonds. The number of anilines is 1. The van der Waals surface area contributed by atoms with Gasteiger partial charge in [-0.25, -0.2) is 9.78 Å². The first-order chi connectivity index (χ1) is 16.9. The van der Waals surface area contributed by atoms with Crippen molar-refractivity contribution in [3.05, 3.63) is 81.9 Å². The molecule has 3 aromatic rings. The number of ketones is 1. The van der Waals surface area contributed by atoms with E-state index >= 15 is 0 Å². The number of methoxy groups -OCH3 is 1. The van der Waals surface area contributed by atoms with Crippen molar-refractivity contribution in [1.82, 2.24) is 4.98 Å². The fraction of sp³-hybridized carbons (Fsp3) is 0.231. The van der Waals surface area contributed by atoms with E-state index in [-0.39, 0.29) is 21.3 Å². The minimum Gasteiger partial charge on any atom is -0.507 e. The number of aliphatic hydroxyl groups excluding tert-OH is 1. The summed E-state index contributed by atoms with van der Waals surface area (Å²) in [7, 11) is 1.26. The Balaban J connectivity index is 1.87. The number of thiazole rings is 1. The molecule has 1 unspecified atom stereocenters. The lowest BCUT2D eigenvalue weighted by molar-refractivity contribution is -0.132. The molecule has 0 aliphatic carbocycles. The molecule has 2 aromatic carbocycles. The van der Waals surface area contributed by atoms with Gasteiger partial charge in [-0.05, 0) is 31.0 Å². The maximum atomic E-state index is 13.3. The molecule has 1 fully saturated rings. The van der Waals surface area contributed by atoms with Crippen LogP contribution in [-0.2, 0) is 14.3 Å². The summed E-state index contributed by atoms with van der Waals surface area (Å²) in [5.74, 6) is -1.90. The van der Waals surface area contributed by atoms with Gasteiger partial charge in [-0.1, -0.05) is 60.7 Å². The van der Waals surface area contributed by atoms with Gasteiger partial charge in [0.2, 0.25) is 0 Å². The summed E-state index contributed by atoms with van der Waals surface area (Å²) in [6.07, 6.45) is 0.852. The van der Waals surface area contributed by atoms with Crippen molar-refractivity contribution in [2.45, 2.75) is 26.3 Å². The first kappa shape index (κ1) is 24.2. The van der Waals surface area contributed by atoms with E-state index < -0.39 is 23.7 Å². The Bertz CT molecular complexity index is 1300. The fourth-order valence-corrected chi connectivity index (χ4v) is 4.84. The molecule has 4 rings (SSSR count). The Morgan fingerprint density at radius 3 is 2.43 bits per heavy atom. The van der Waals surface area contributed by atoms with Crippen LogP contribution >= 0.6 is 11.3 Å². The zero-order valence-electron chi connectivity index (χ0n) is 19.5. The van der Waals surface area contributed by atoms with Crippen molar-refractivity contribution >= 4 is 39.9 Å². The second-order valence-corrected chi connectivity index (χ2v) is 8.83. The summed E-state index contributed by atoms with van der Waals surface area (Å²) in [6, 6.07) is 14.6. The summed E-state index contributed by atoms with van der Waals surface area (Å²) < 4.78 is 10.5. The van der Waals surface area contributed by atoms with Gasteiger partial charge in [0.05, 0.1) is 31.0 Å².